The summed E-state index contributed by atoms with van der Waals surface area (Å²) in [6, 6.07) is 14.3. The molecule has 3 fully saturated rings. The van der Waals surface area contributed by atoms with Gasteiger partial charge in [0.25, 0.3) is 5.91 Å². The Bertz CT molecular complexity index is 829. The fourth-order valence-electron chi connectivity index (χ4n) is 3.98. The molecule has 4 nitrogen and oxygen atoms in total. The van der Waals surface area contributed by atoms with Crippen LogP contribution in [0.15, 0.2) is 45.5 Å². The first-order valence-electron chi connectivity index (χ1n) is 8.97. The quantitative estimate of drug-likeness (QED) is 0.867. The van der Waals surface area contributed by atoms with Gasteiger partial charge in [0.05, 0.1) is 20.7 Å². The number of rotatable bonds is 4. The fourth-order valence-corrected chi connectivity index (χ4v) is 5.98. The van der Waals surface area contributed by atoms with Crippen LogP contribution in [-0.4, -0.2) is 36.0 Å². The number of fused-ring (bicyclic) bond motifs is 3. The van der Waals surface area contributed by atoms with E-state index in [1.54, 1.807) is 11.8 Å². The number of nitrogens with one attached hydrogen (secondary N) is 1. The van der Waals surface area contributed by atoms with Crippen LogP contribution < -0.4 is 5.32 Å². The number of amides is 1. The molecule has 2 atom stereocenters. The van der Waals surface area contributed by atoms with E-state index in [1.807, 2.05) is 36.4 Å². The van der Waals surface area contributed by atoms with Crippen LogP contribution in [0.2, 0.25) is 0 Å². The van der Waals surface area contributed by atoms with E-state index in [1.165, 1.54) is 37.3 Å². The standard InChI is InChI=1S/C20H21N3OS2/c1-13-19(15-8-10-23(13)11-9-15)22-20(24)17-6-7-18(26-17)25-16-4-2-14(12-21)3-5-16/h2-7,13,15,19H,8-11H2,1H3,(H,22,24)/t13-,19-/m0/s1. The summed E-state index contributed by atoms with van der Waals surface area (Å²) in [6.07, 6.45) is 2.39. The summed E-state index contributed by atoms with van der Waals surface area (Å²) in [4.78, 5) is 17.1. The highest BCUT2D eigenvalue weighted by Gasteiger charge is 2.40. The molecule has 0 spiro atoms. The Morgan fingerprint density at radius 3 is 2.62 bits per heavy atom. The Morgan fingerprint density at radius 2 is 1.96 bits per heavy atom. The highest BCUT2D eigenvalue weighted by molar-refractivity contribution is 8.01. The number of carbonyl (C=O) groups is 1. The Kier molecular flexibility index (Phi) is 5.03. The number of hydrogen-bond donors (Lipinski definition) is 1. The van der Waals surface area contributed by atoms with Gasteiger partial charge < -0.3 is 5.32 Å². The molecule has 4 heterocycles. The van der Waals surface area contributed by atoms with Crippen molar-refractivity contribution in [3.05, 3.63) is 46.8 Å². The van der Waals surface area contributed by atoms with Crippen LogP contribution in [0.1, 0.15) is 35.0 Å². The van der Waals surface area contributed by atoms with Crippen molar-refractivity contribution in [1.29, 1.82) is 5.26 Å². The largest absolute Gasteiger partial charge is 0.347 e. The Labute approximate surface area is 162 Å². The molecule has 3 saturated heterocycles. The van der Waals surface area contributed by atoms with Crippen molar-refractivity contribution >= 4 is 29.0 Å². The molecular weight excluding hydrogens is 362 g/mol. The fraction of sp³-hybridized carbons (Fsp3) is 0.400. The lowest BCUT2D eigenvalue weighted by Gasteiger charge is -2.49. The Morgan fingerprint density at radius 1 is 1.23 bits per heavy atom. The van der Waals surface area contributed by atoms with Crippen molar-refractivity contribution in [3.8, 4) is 6.07 Å². The molecule has 1 N–H and O–H groups in total. The molecular formula is C20H21N3OS2. The van der Waals surface area contributed by atoms with Gasteiger partial charge in [0.1, 0.15) is 0 Å². The van der Waals surface area contributed by atoms with Gasteiger partial charge in [-0.1, -0.05) is 11.8 Å². The molecule has 2 aromatic rings. The first-order chi connectivity index (χ1) is 12.6. The van der Waals surface area contributed by atoms with E-state index in [4.69, 9.17) is 5.26 Å². The predicted molar refractivity (Wildman–Crippen MR) is 105 cm³/mol. The number of piperidine rings is 3. The van der Waals surface area contributed by atoms with Gasteiger partial charge in [-0.05, 0) is 75.2 Å². The predicted octanol–water partition coefficient (Wildman–Crippen LogP) is 3.98. The molecule has 0 aliphatic carbocycles. The number of benzene rings is 1. The van der Waals surface area contributed by atoms with Crippen LogP contribution in [0, 0.1) is 17.2 Å². The summed E-state index contributed by atoms with van der Waals surface area (Å²) >= 11 is 3.15. The minimum atomic E-state index is 0.0484. The van der Waals surface area contributed by atoms with Crippen LogP contribution in [0.3, 0.4) is 0 Å². The van der Waals surface area contributed by atoms with Gasteiger partial charge in [-0.3, -0.25) is 9.69 Å². The lowest BCUT2D eigenvalue weighted by Crippen LogP contribution is -2.62. The van der Waals surface area contributed by atoms with E-state index in [2.05, 4.69) is 23.2 Å². The van der Waals surface area contributed by atoms with E-state index in [0.717, 1.165) is 14.0 Å². The Balaban J connectivity index is 1.40. The average molecular weight is 384 g/mol. The average Bonchev–Trinajstić information content (AvgIpc) is 3.14. The van der Waals surface area contributed by atoms with Crippen LogP contribution in [-0.2, 0) is 0 Å². The minimum Gasteiger partial charge on any atom is -0.347 e. The summed E-state index contributed by atoms with van der Waals surface area (Å²) < 4.78 is 1.09. The third-order valence-electron chi connectivity index (χ3n) is 5.48. The van der Waals surface area contributed by atoms with Crippen molar-refractivity contribution in [2.45, 2.75) is 41.0 Å². The first-order valence-corrected chi connectivity index (χ1v) is 10.6. The van der Waals surface area contributed by atoms with Gasteiger partial charge in [0, 0.05) is 17.0 Å². The summed E-state index contributed by atoms with van der Waals surface area (Å²) in [7, 11) is 0. The van der Waals surface area contributed by atoms with Gasteiger partial charge in [-0.15, -0.1) is 11.3 Å². The highest BCUT2D eigenvalue weighted by atomic mass is 32.2. The maximum Gasteiger partial charge on any atom is 0.261 e. The zero-order valence-electron chi connectivity index (χ0n) is 14.6. The van der Waals surface area contributed by atoms with Gasteiger partial charge in [-0.25, -0.2) is 0 Å². The minimum absolute atomic E-state index is 0.0484. The molecule has 0 unspecified atom stereocenters. The summed E-state index contributed by atoms with van der Waals surface area (Å²) in [5.41, 5.74) is 0.659. The maximum absolute atomic E-state index is 12.7. The van der Waals surface area contributed by atoms with E-state index in [-0.39, 0.29) is 11.9 Å². The molecule has 5 rings (SSSR count). The van der Waals surface area contributed by atoms with Gasteiger partial charge >= 0.3 is 0 Å². The van der Waals surface area contributed by atoms with Crippen molar-refractivity contribution in [2.75, 3.05) is 13.1 Å². The second-order valence-corrected chi connectivity index (χ2v) is 9.43. The van der Waals surface area contributed by atoms with Gasteiger partial charge in [0.2, 0.25) is 0 Å². The summed E-state index contributed by atoms with van der Waals surface area (Å²) in [6.45, 7) is 4.57. The van der Waals surface area contributed by atoms with Crippen molar-refractivity contribution < 1.29 is 4.79 Å². The van der Waals surface area contributed by atoms with E-state index in [0.29, 0.717) is 17.5 Å². The number of nitriles is 1. The number of thiophene rings is 1. The Hall–Kier alpha value is -1.81. The normalized spacial score (nSPS) is 27.1. The zero-order valence-corrected chi connectivity index (χ0v) is 16.3. The van der Waals surface area contributed by atoms with E-state index < -0.39 is 0 Å². The molecule has 2 bridgehead atoms. The third-order valence-corrected chi connectivity index (χ3v) is 7.71. The van der Waals surface area contributed by atoms with Crippen molar-refractivity contribution in [1.82, 2.24) is 10.2 Å². The number of carbonyl (C=O) groups excluding carboxylic acids is 1. The second-order valence-electron chi connectivity index (χ2n) is 6.97. The van der Waals surface area contributed by atoms with Crippen LogP contribution in [0.5, 0.6) is 0 Å². The monoisotopic (exact) mass is 383 g/mol. The molecule has 3 aliphatic heterocycles. The third kappa shape index (κ3) is 3.52. The topological polar surface area (TPSA) is 56.1 Å². The molecule has 6 heteroatoms. The molecule has 1 aromatic carbocycles. The molecule has 0 saturated carbocycles. The molecule has 0 radical (unpaired) electrons. The summed E-state index contributed by atoms with van der Waals surface area (Å²) in [5.74, 6) is 0.665. The molecule has 26 heavy (non-hydrogen) atoms. The van der Waals surface area contributed by atoms with Crippen molar-refractivity contribution in [2.24, 2.45) is 5.92 Å². The lowest BCUT2D eigenvalue weighted by atomic mass is 9.79. The maximum atomic E-state index is 12.7. The number of hydrogen-bond acceptors (Lipinski definition) is 5. The SMILES string of the molecule is C[C@H]1[C@H](NC(=O)c2ccc(Sc3ccc(C#N)cc3)s2)C2CCN1CC2. The van der Waals surface area contributed by atoms with E-state index >= 15 is 0 Å². The number of nitrogens with zero attached hydrogens (tertiary/aromatic N) is 2. The van der Waals surface area contributed by atoms with Gasteiger partial charge in [-0.2, -0.15) is 5.26 Å². The summed E-state index contributed by atoms with van der Waals surface area (Å²) in [5, 5.41) is 12.2. The molecule has 1 amide bonds. The van der Waals surface area contributed by atoms with Crippen LogP contribution in [0.25, 0.3) is 0 Å². The highest BCUT2D eigenvalue weighted by Crippen LogP contribution is 2.35. The molecule has 3 aliphatic rings. The lowest BCUT2D eigenvalue weighted by molar-refractivity contribution is 0.0218. The zero-order chi connectivity index (χ0) is 18.1. The van der Waals surface area contributed by atoms with E-state index in [9.17, 15) is 4.79 Å². The smallest absolute Gasteiger partial charge is 0.261 e. The molecule has 134 valence electrons. The van der Waals surface area contributed by atoms with Crippen molar-refractivity contribution in [3.63, 3.8) is 0 Å². The molecule has 1 aromatic heterocycles. The van der Waals surface area contributed by atoms with Crippen LogP contribution in [0.4, 0.5) is 0 Å². The first kappa shape index (κ1) is 17.6. The van der Waals surface area contributed by atoms with Crippen LogP contribution >= 0.6 is 23.1 Å². The van der Waals surface area contributed by atoms with Gasteiger partial charge in [0.15, 0.2) is 0 Å². The second kappa shape index (κ2) is 7.43.